The van der Waals surface area contributed by atoms with E-state index in [1.807, 2.05) is 0 Å². The molecule has 2 atom stereocenters. The van der Waals surface area contributed by atoms with Gasteiger partial charge in [-0.1, -0.05) is 55.8 Å². The normalized spacial score (nSPS) is 30.1. The van der Waals surface area contributed by atoms with Gasteiger partial charge in [0, 0.05) is 8.07 Å². The predicted octanol–water partition coefficient (Wildman–Crippen LogP) is 5.41. The topological polar surface area (TPSA) is 0 Å². The van der Waals surface area contributed by atoms with Gasteiger partial charge in [0.15, 0.2) is 0 Å². The average molecular weight is 248 g/mol. The van der Waals surface area contributed by atoms with Crippen molar-refractivity contribution in [1.82, 2.24) is 0 Å². The molecule has 1 heteroatoms. The highest BCUT2D eigenvalue weighted by Crippen LogP contribution is 2.39. The van der Waals surface area contributed by atoms with Crippen LogP contribution < -0.4 is 0 Å². The van der Waals surface area contributed by atoms with Crippen molar-refractivity contribution in [1.29, 1.82) is 0 Å². The molecular weight excluding hydrogens is 220 g/mol. The Hall–Kier alpha value is -0.303. The molecule has 0 bridgehead atoms. The van der Waals surface area contributed by atoms with Crippen LogP contribution in [0.4, 0.5) is 0 Å². The van der Waals surface area contributed by atoms with Crippen LogP contribution in [0.1, 0.15) is 39.0 Å². The summed E-state index contributed by atoms with van der Waals surface area (Å²) in [6.45, 7) is 9.85. The van der Waals surface area contributed by atoms with E-state index in [1.165, 1.54) is 38.1 Å². The maximum atomic E-state index is 2.68. The fourth-order valence-electron chi connectivity index (χ4n) is 3.55. The fourth-order valence-corrected chi connectivity index (χ4v) is 5.18. The standard InChI is InChI=1S/C16H28Si/c1-13-9-10-14(12-17(2,3)4)11-15-7-5-6-8-16(13)15/h9,11,15-16H,5-8,10,12H2,1-4H3/t15-,16-/m0/s1. The Kier molecular flexibility index (Phi) is 3.97. The molecule has 0 aromatic carbocycles. The molecule has 0 aromatic heterocycles. The van der Waals surface area contributed by atoms with Gasteiger partial charge in [-0.25, -0.2) is 0 Å². The largest absolute Gasteiger partial charge is 0.0816 e. The van der Waals surface area contributed by atoms with Crippen molar-refractivity contribution in [2.45, 2.75) is 64.7 Å². The van der Waals surface area contributed by atoms with Crippen LogP contribution in [-0.4, -0.2) is 8.07 Å². The van der Waals surface area contributed by atoms with Crippen LogP contribution in [0.25, 0.3) is 0 Å². The van der Waals surface area contributed by atoms with Gasteiger partial charge in [-0.05, 0) is 44.1 Å². The van der Waals surface area contributed by atoms with Gasteiger partial charge >= 0.3 is 0 Å². The molecule has 1 saturated carbocycles. The number of hydrogen-bond donors (Lipinski definition) is 0. The molecule has 2 aliphatic rings. The summed E-state index contributed by atoms with van der Waals surface area (Å²) in [5.74, 6) is 1.75. The molecular formula is C16H28Si. The zero-order valence-electron chi connectivity index (χ0n) is 12.1. The summed E-state index contributed by atoms with van der Waals surface area (Å²) in [7, 11) is -0.943. The highest BCUT2D eigenvalue weighted by atomic mass is 28.3. The second-order valence-electron chi connectivity index (χ2n) is 7.27. The van der Waals surface area contributed by atoms with Crippen LogP contribution in [0.2, 0.25) is 25.7 Å². The summed E-state index contributed by atoms with van der Waals surface area (Å²) in [4.78, 5) is 0. The van der Waals surface area contributed by atoms with Crippen molar-refractivity contribution in [2.75, 3.05) is 0 Å². The van der Waals surface area contributed by atoms with Gasteiger partial charge in [-0.15, -0.1) is 0 Å². The number of fused-ring (bicyclic) bond motifs is 1. The SMILES string of the molecule is CC1=CCC(C[Si](C)(C)C)=C[C@@H]2CCCC[C@@H]12. The first-order valence-corrected chi connectivity index (χ1v) is 11.0. The summed E-state index contributed by atoms with van der Waals surface area (Å²) in [5.41, 5.74) is 3.43. The Bertz CT molecular complexity index is 330. The third kappa shape index (κ3) is 3.58. The van der Waals surface area contributed by atoms with E-state index in [1.54, 1.807) is 11.1 Å². The van der Waals surface area contributed by atoms with E-state index in [2.05, 4.69) is 38.7 Å². The molecule has 1 fully saturated rings. The molecule has 96 valence electrons. The monoisotopic (exact) mass is 248 g/mol. The highest BCUT2D eigenvalue weighted by molar-refractivity contribution is 6.76. The Morgan fingerprint density at radius 2 is 1.88 bits per heavy atom. The van der Waals surface area contributed by atoms with Crippen LogP contribution in [-0.2, 0) is 0 Å². The molecule has 2 rings (SSSR count). The van der Waals surface area contributed by atoms with Crippen molar-refractivity contribution < 1.29 is 0 Å². The lowest BCUT2D eigenvalue weighted by atomic mass is 9.76. The van der Waals surface area contributed by atoms with E-state index in [0.29, 0.717) is 0 Å². The van der Waals surface area contributed by atoms with Gasteiger partial charge in [0.2, 0.25) is 0 Å². The van der Waals surface area contributed by atoms with E-state index in [-0.39, 0.29) is 0 Å². The van der Waals surface area contributed by atoms with Crippen LogP contribution in [0.15, 0.2) is 23.3 Å². The first-order valence-electron chi connectivity index (χ1n) is 7.32. The van der Waals surface area contributed by atoms with Crippen LogP contribution in [0, 0.1) is 11.8 Å². The zero-order chi connectivity index (χ0) is 12.5. The Balaban J connectivity index is 2.16. The minimum Gasteiger partial charge on any atom is -0.0816 e. The highest BCUT2D eigenvalue weighted by Gasteiger charge is 2.27. The van der Waals surface area contributed by atoms with Crippen molar-refractivity contribution in [2.24, 2.45) is 11.8 Å². The van der Waals surface area contributed by atoms with Gasteiger partial charge in [-0.3, -0.25) is 0 Å². The first-order chi connectivity index (χ1) is 7.96. The molecule has 0 heterocycles. The van der Waals surface area contributed by atoms with E-state index in [0.717, 1.165) is 11.8 Å². The van der Waals surface area contributed by atoms with Crippen LogP contribution in [0.3, 0.4) is 0 Å². The molecule has 0 amide bonds. The van der Waals surface area contributed by atoms with E-state index < -0.39 is 8.07 Å². The molecule has 0 unspecified atom stereocenters. The van der Waals surface area contributed by atoms with Gasteiger partial charge in [0.1, 0.15) is 0 Å². The van der Waals surface area contributed by atoms with Crippen molar-refractivity contribution in [3.63, 3.8) is 0 Å². The Labute approximate surface area is 108 Å². The third-order valence-electron chi connectivity index (χ3n) is 4.30. The number of allylic oxidation sites excluding steroid dienone is 4. The Morgan fingerprint density at radius 1 is 1.18 bits per heavy atom. The molecule has 17 heavy (non-hydrogen) atoms. The maximum Gasteiger partial charge on any atom is 0.0483 e. The van der Waals surface area contributed by atoms with Crippen LogP contribution in [0.5, 0.6) is 0 Å². The average Bonchev–Trinajstić information content (AvgIpc) is 2.37. The second kappa shape index (κ2) is 5.13. The minimum atomic E-state index is -0.943. The Morgan fingerprint density at radius 3 is 2.59 bits per heavy atom. The van der Waals surface area contributed by atoms with Gasteiger partial charge in [0.25, 0.3) is 0 Å². The molecule has 0 aromatic rings. The lowest BCUT2D eigenvalue weighted by Crippen LogP contribution is -2.21. The van der Waals surface area contributed by atoms with E-state index in [4.69, 9.17) is 0 Å². The number of hydrogen-bond acceptors (Lipinski definition) is 0. The molecule has 0 nitrogen and oxygen atoms in total. The van der Waals surface area contributed by atoms with Gasteiger partial charge in [0.05, 0.1) is 0 Å². The molecule has 2 aliphatic carbocycles. The maximum absolute atomic E-state index is 2.68. The van der Waals surface area contributed by atoms with Gasteiger partial charge < -0.3 is 0 Å². The van der Waals surface area contributed by atoms with E-state index in [9.17, 15) is 0 Å². The lowest BCUT2D eigenvalue weighted by molar-refractivity contribution is 0.324. The predicted molar refractivity (Wildman–Crippen MR) is 80.1 cm³/mol. The quantitative estimate of drug-likeness (QED) is 0.453. The first kappa shape index (κ1) is 13.1. The van der Waals surface area contributed by atoms with Crippen molar-refractivity contribution in [3.8, 4) is 0 Å². The fraction of sp³-hybridized carbons (Fsp3) is 0.750. The van der Waals surface area contributed by atoms with Crippen molar-refractivity contribution in [3.05, 3.63) is 23.3 Å². The molecule has 0 saturated heterocycles. The third-order valence-corrected chi connectivity index (χ3v) is 5.81. The summed E-state index contributed by atoms with van der Waals surface area (Å²) in [5, 5.41) is 0. The van der Waals surface area contributed by atoms with E-state index >= 15 is 0 Å². The molecule has 0 aliphatic heterocycles. The molecule has 0 radical (unpaired) electrons. The van der Waals surface area contributed by atoms with Gasteiger partial charge in [-0.2, -0.15) is 0 Å². The second-order valence-corrected chi connectivity index (χ2v) is 12.7. The molecule has 0 N–H and O–H groups in total. The summed E-state index contributed by atoms with van der Waals surface area (Å²) >= 11 is 0. The smallest absolute Gasteiger partial charge is 0.0483 e. The minimum absolute atomic E-state index is 0.869. The zero-order valence-corrected chi connectivity index (χ0v) is 13.1. The summed E-state index contributed by atoms with van der Waals surface area (Å²) in [6, 6.07) is 1.40. The number of rotatable bonds is 2. The van der Waals surface area contributed by atoms with Crippen molar-refractivity contribution >= 4 is 8.07 Å². The van der Waals surface area contributed by atoms with Crippen LogP contribution >= 0.6 is 0 Å². The summed E-state index contributed by atoms with van der Waals surface area (Å²) in [6.07, 6.45) is 12.2. The lowest BCUT2D eigenvalue weighted by Gasteiger charge is -2.30. The summed E-state index contributed by atoms with van der Waals surface area (Å²) < 4.78 is 0. The molecule has 0 spiro atoms.